The van der Waals surface area contributed by atoms with Crippen molar-refractivity contribution in [3.63, 3.8) is 0 Å². The Bertz CT molecular complexity index is 688. The van der Waals surface area contributed by atoms with Crippen LogP contribution >= 0.6 is 0 Å². The highest BCUT2D eigenvalue weighted by Crippen LogP contribution is 2.06. The smallest absolute Gasteiger partial charge is 0.0883 e. The maximum Gasteiger partial charge on any atom is 0.125 e. The summed E-state index contributed by atoms with van der Waals surface area (Å²) < 4.78 is 0. The van der Waals surface area contributed by atoms with Gasteiger partial charge in [0.25, 0.3) is 0 Å². The van der Waals surface area contributed by atoms with Gasteiger partial charge in [-0.25, -0.2) is 0 Å². The third-order valence-corrected chi connectivity index (χ3v) is 6.66. The van der Waals surface area contributed by atoms with Crippen LogP contribution in [-0.4, -0.2) is 8.80 Å². The molecule has 3 aromatic rings. The molecule has 3 aromatic carbocycles. The third kappa shape index (κ3) is 3.63. The van der Waals surface area contributed by atoms with Crippen LogP contribution in [0.4, 0.5) is 0 Å². The van der Waals surface area contributed by atoms with E-state index >= 15 is 0 Å². The fourth-order valence-corrected chi connectivity index (χ4v) is 5.14. The molecule has 0 amide bonds. The van der Waals surface area contributed by atoms with Crippen LogP contribution in [0.5, 0.6) is 0 Å². The standard InChI is InChI=1S/C21H20Si/c1-18-12-14-19(15-13-18)16-17-22(20-8-4-2-5-9-20)21-10-6-3-7-11-21/h2-17,22H,1H3. The number of benzene rings is 3. The minimum Gasteiger partial charge on any atom is -0.0883 e. The summed E-state index contributed by atoms with van der Waals surface area (Å²) in [6.45, 7) is 2.12. The summed E-state index contributed by atoms with van der Waals surface area (Å²) in [5.41, 5.74) is 5.00. The molecule has 0 atom stereocenters. The van der Waals surface area contributed by atoms with E-state index in [1.807, 2.05) is 0 Å². The van der Waals surface area contributed by atoms with E-state index in [1.54, 1.807) is 0 Å². The lowest BCUT2D eigenvalue weighted by Crippen LogP contribution is -2.40. The molecule has 1 heteroatoms. The van der Waals surface area contributed by atoms with Crippen LogP contribution in [0.2, 0.25) is 0 Å². The van der Waals surface area contributed by atoms with Gasteiger partial charge < -0.3 is 0 Å². The second-order valence-electron chi connectivity index (χ2n) is 5.57. The van der Waals surface area contributed by atoms with Gasteiger partial charge in [-0.05, 0) is 12.5 Å². The topological polar surface area (TPSA) is 0 Å². The van der Waals surface area contributed by atoms with Crippen molar-refractivity contribution in [3.8, 4) is 0 Å². The lowest BCUT2D eigenvalue weighted by Gasteiger charge is -2.12. The lowest BCUT2D eigenvalue weighted by molar-refractivity contribution is 1.46. The van der Waals surface area contributed by atoms with Crippen LogP contribution in [0.25, 0.3) is 6.08 Å². The quantitative estimate of drug-likeness (QED) is 0.646. The first-order valence-corrected chi connectivity index (χ1v) is 9.50. The van der Waals surface area contributed by atoms with Gasteiger partial charge in [-0.3, -0.25) is 0 Å². The maximum absolute atomic E-state index is 2.43. The summed E-state index contributed by atoms with van der Waals surface area (Å²) in [5, 5.41) is 2.91. The third-order valence-electron chi connectivity index (χ3n) is 3.88. The summed E-state index contributed by atoms with van der Waals surface area (Å²) in [5.74, 6) is 0. The Morgan fingerprint density at radius 1 is 0.636 bits per heavy atom. The van der Waals surface area contributed by atoms with Crippen LogP contribution in [0.1, 0.15) is 11.1 Å². The molecule has 0 radical (unpaired) electrons. The van der Waals surface area contributed by atoms with E-state index in [-0.39, 0.29) is 0 Å². The molecule has 3 rings (SSSR count). The van der Waals surface area contributed by atoms with Crippen molar-refractivity contribution in [1.29, 1.82) is 0 Å². The van der Waals surface area contributed by atoms with Gasteiger partial charge in [-0.15, -0.1) is 0 Å². The van der Waals surface area contributed by atoms with E-state index < -0.39 is 8.80 Å². The maximum atomic E-state index is 2.43. The summed E-state index contributed by atoms with van der Waals surface area (Å²) in [6.07, 6.45) is 2.27. The predicted octanol–water partition coefficient (Wildman–Crippen LogP) is 3.59. The van der Waals surface area contributed by atoms with E-state index in [1.165, 1.54) is 21.5 Å². The van der Waals surface area contributed by atoms with Crippen molar-refractivity contribution < 1.29 is 0 Å². The molecule has 0 fully saturated rings. The summed E-state index contributed by atoms with van der Waals surface area (Å²) >= 11 is 0. The SMILES string of the molecule is Cc1ccc(C=C[SiH](c2ccccc2)c2ccccc2)cc1. The van der Waals surface area contributed by atoms with Crippen molar-refractivity contribution in [2.24, 2.45) is 0 Å². The minimum atomic E-state index is -1.31. The molecule has 0 saturated heterocycles. The molecule has 0 aliphatic carbocycles. The van der Waals surface area contributed by atoms with Crippen LogP contribution in [0.3, 0.4) is 0 Å². The fraction of sp³-hybridized carbons (Fsp3) is 0.0476. The highest BCUT2D eigenvalue weighted by atomic mass is 28.3. The molecule has 0 unspecified atom stereocenters. The molecule has 108 valence electrons. The van der Waals surface area contributed by atoms with Gasteiger partial charge in [0.1, 0.15) is 8.80 Å². The predicted molar refractivity (Wildman–Crippen MR) is 99.5 cm³/mol. The zero-order valence-corrected chi connectivity index (χ0v) is 14.0. The first kappa shape index (κ1) is 14.5. The van der Waals surface area contributed by atoms with E-state index in [0.717, 1.165) is 0 Å². The highest BCUT2D eigenvalue weighted by molar-refractivity contribution is 6.89. The second kappa shape index (κ2) is 7.06. The molecule has 0 heterocycles. The van der Waals surface area contributed by atoms with Gasteiger partial charge in [0.15, 0.2) is 0 Å². The Balaban J connectivity index is 1.94. The largest absolute Gasteiger partial charge is 0.125 e. The van der Waals surface area contributed by atoms with Crippen molar-refractivity contribution in [2.75, 3.05) is 0 Å². The molecule has 0 spiro atoms. The molecular formula is C21H20Si. The second-order valence-corrected chi connectivity index (χ2v) is 8.24. The number of rotatable bonds is 4. The number of aryl methyl sites for hydroxylation is 1. The first-order valence-electron chi connectivity index (χ1n) is 7.68. The van der Waals surface area contributed by atoms with E-state index in [9.17, 15) is 0 Å². The Morgan fingerprint density at radius 2 is 1.14 bits per heavy atom. The van der Waals surface area contributed by atoms with Gasteiger partial charge in [-0.2, -0.15) is 0 Å². The number of hydrogen-bond acceptors (Lipinski definition) is 0. The van der Waals surface area contributed by atoms with Crippen LogP contribution < -0.4 is 10.4 Å². The van der Waals surface area contributed by atoms with Gasteiger partial charge in [0, 0.05) is 0 Å². The minimum absolute atomic E-state index is 1.27. The van der Waals surface area contributed by atoms with E-state index in [0.29, 0.717) is 0 Å². The van der Waals surface area contributed by atoms with Gasteiger partial charge in [-0.1, -0.05) is 113 Å². The Kier molecular flexibility index (Phi) is 4.67. The zero-order chi connectivity index (χ0) is 15.2. The van der Waals surface area contributed by atoms with Crippen LogP contribution in [0, 0.1) is 6.92 Å². The molecule has 0 aliphatic rings. The lowest BCUT2D eigenvalue weighted by atomic mass is 10.2. The van der Waals surface area contributed by atoms with Crippen molar-refractivity contribution in [3.05, 3.63) is 102 Å². The molecule has 0 nitrogen and oxygen atoms in total. The zero-order valence-electron chi connectivity index (χ0n) is 12.8. The van der Waals surface area contributed by atoms with Gasteiger partial charge >= 0.3 is 0 Å². The average Bonchev–Trinajstić information content (AvgIpc) is 2.59. The molecule has 0 saturated carbocycles. The Labute approximate surface area is 134 Å². The monoisotopic (exact) mass is 300 g/mol. The summed E-state index contributed by atoms with van der Waals surface area (Å²) in [7, 11) is -1.31. The number of hydrogen-bond donors (Lipinski definition) is 0. The molecular weight excluding hydrogens is 280 g/mol. The Hall–Kier alpha value is -2.38. The first-order chi connectivity index (χ1) is 10.8. The van der Waals surface area contributed by atoms with Gasteiger partial charge in [0.2, 0.25) is 0 Å². The van der Waals surface area contributed by atoms with Crippen LogP contribution in [-0.2, 0) is 0 Å². The molecule has 0 aromatic heterocycles. The van der Waals surface area contributed by atoms with Crippen molar-refractivity contribution in [1.82, 2.24) is 0 Å². The molecule has 0 aliphatic heterocycles. The molecule has 0 bridgehead atoms. The highest BCUT2D eigenvalue weighted by Gasteiger charge is 2.11. The van der Waals surface area contributed by atoms with E-state index in [2.05, 4.69) is 104 Å². The van der Waals surface area contributed by atoms with E-state index in [4.69, 9.17) is 0 Å². The molecule has 0 N–H and O–H groups in total. The van der Waals surface area contributed by atoms with Crippen molar-refractivity contribution >= 4 is 25.2 Å². The normalized spacial score (nSPS) is 11.2. The summed E-state index contributed by atoms with van der Waals surface area (Å²) in [6, 6.07) is 30.4. The Morgan fingerprint density at radius 3 is 1.64 bits per heavy atom. The summed E-state index contributed by atoms with van der Waals surface area (Å²) in [4.78, 5) is 0. The van der Waals surface area contributed by atoms with Crippen molar-refractivity contribution in [2.45, 2.75) is 6.92 Å². The molecule has 22 heavy (non-hydrogen) atoms. The van der Waals surface area contributed by atoms with Gasteiger partial charge in [0.05, 0.1) is 0 Å². The fourth-order valence-electron chi connectivity index (χ4n) is 2.62. The van der Waals surface area contributed by atoms with Crippen LogP contribution in [0.15, 0.2) is 90.6 Å². The average molecular weight is 300 g/mol.